The number of hydrogen-bond acceptors (Lipinski definition) is 6. The lowest BCUT2D eigenvalue weighted by molar-refractivity contribution is -0.136. The molecule has 1 N–H and O–H groups in total. The Morgan fingerprint density at radius 3 is 3.05 bits per heavy atom. The molecule has 0 radical (unpaired) electrons. The highest BCUT2D eigenvalue weighted by Crippen LogP contribution is 2.06. The summed E-state index contributed by atoms with van der Waals surface area (Å²) in [5, 5.41) is 10.5. The van der Waals surface area contributed by atoms with Crippen molar-refractivity contribution < 1.29 is 19.4 Å². The van der Waals surface area contributed by atoms with Gasteiger partial charge in [0.05, 0.1) is 19.6 Å². The zero-order valence-electron chi connectivity index (χ0n) is 10.8. The van der Waals surface area contributed by atoms with Crippen LogP contribution in [0.2, 0.25) is 0 Å². The van der Waals surface area contributed by atoms with Crippen LogP contribution in [0.15, 0.2) is 22.8 Å². The van der Waals surface area contributed by atoms with Gasteiger partial charge in [-0.05, 0) is 6.92 Å². The average molecular weight is 295 g/mol. The number of carboxylic acid groups (broad SMARTS) is 1. The molecule has 0 aliphatic rings. The second kappa shape index (κ2) is 6.29. The van der Waals surface area contributed by atoms with Crippen LogP contribution >= 0.6 is 11.3 Å². The van der Waals surface area contributed by atoms with E-state index in [0.29, 0.717) is 10.4 Å². The lowest BCUT2D eigenvalue weighted by atomic mass is 10.3. The van der Waals surface area contributed by atoms with Gasteiger partial charge in [0.15, 0.2) is 4.96 Å². The van der Waals surface area contributed by atoms with Crippen LogP contribution in [0.4, 0.5) is 0 Å². The molecule has 0 aliphatic carbocycles. The summed E-state index contributed by atoms with van der Waals surface area (Å²) < 4.78 is 6.61. The largest absolute Gasteiger partial charge is 0.481 e. The molecule has 2 aromatic heterocycles. The Bertz CT molecular complexity index is 704. The summed E-state index contributed by atoms with van der Waals surface area (Å²) in [6.45, 7) is 2.05. The van der Waals surface area contributed by atoms with Crippen molar-refractivity contribution in [2.45, 2.75) is 13.3 Å². The molecular weight excluding hydrogens is 282 g/mol. The molecule has 0 amide bonds. The normalized spacial score (nSPS) is 11.8. The molecule has 2 rings (SSSR count). The number of carbonyl (C=O) groups excluding carboxylic acids is 1. The number of ether oxygens (including phenoxy) is 1. The number of thiazole rings is 1. The predicted molar refractivity (Wildman–Crippen MR) is 71.7 cm³/mol. The predicted octanol–water partition coefficient (Wildman–Crippen LogP) is 0.948. The van der Waals surface area contributed by atoms with Crippen molar-refractivity contribution in [3.05, 3.63) is 28.8 Å². The number of aliphatic carboxylic acids is 1. The molecule has 0 fully saturated rings. The van der Waals surface area contributed by atoms with Crippen molar-refractivity contribution in [1.29, 1.82) is 0 Å². The fraction of sp³-hybridized carbons (Fsp3) is 0.333. The molecule has 0 atom stereocenters. The molecule has 2 heterocycles. The third kappa shape index (κ3) is 3.02. The zero-order chi connectivity index (χ0) is 14.5. The molecule has 106 valence electrons. The van der Waals surface area contributed by atoms with E-state index in [1.54, 1.807) is 17.5 Å². The smallest absolute Gasteiger partial charge is 0.343 e. The van der Waals surface area contributed by atoms with E-state index in [-0.39, 0.29) is 25.1 Å². The summed E-state index contributed by atoms with van der Waals surface area (Å²) in [5.74, 6) is -1.46. The molecule has 20 heavy (non-hydrogen) atoms. The quantitative estimate of drug-likeness (QED) is 0.829. The van der Waals surface area contributed by atoms with Gasteiger partial charge in [-0.1, -0.05) is 0 Å². The number of esters is 1. The van der Waals surface area contributed by atoms with Crippen LogP contribution < -0.4 is 5.49 Å². The van der Waals surface area contributed by atoms with Crippen molar-refractivity contribution in [1.82, 2.24) is 9.38 Å². The van der Waals surface area contributed by atoms with Crippen LogP contribution in [-0.4, -0.2) is 39.6 Å². The van der Waals surface area contributed by atoms with Gasteiger partial charge in [-0.15, -0.1) is 11.3 Å². The molecule has 0 saturated heterocycles. The zero-order valence-corrected chi connectivity index (χ0v) is 11.6. The van der Waals surface area contributed by atoms with Gasteiger partial charge in [0.1, 0.15) is 11.1 Å². The Labute approximate surface area is 118 Å². The maximum atomic E-state index is 11.9. The fourth-order valence-electron chi connectivity index (χ4n) is 1.61. The highest BCUT2D eigenvalue weighted by Gasteiger charge is 2.13. The van der Waals surface area contributed by atoms with Gasteiger partial charge in [-0.25, -0.2) is 9.78 Å². The average Bonchev–Trinajstić information content (AvgIpc) is 2.87. The van der Waals surface area contributed by atoms with E-state index in [1.807, 2.05) is 5.38 Å². The van der Waals surface area contributed by atoms with Crippen LogP contribution in [-0.2, 0) is 9.53 Å². The first kappa shape index (κ1) is 14.2. The van der Waals surface area contributed by atoms with Crippen LogP contribution in [0, 0.1) is 0 Å². The first-order chi connectivity index (χ1) is 9.63. The summed E-state index contributed by atoms with van der Waals surface area (Å²) in [4.78, 5) is 31.5. The van der Waals surface area contributed by atoms with E-state index in [4.69, 9.17) is 9.84 Å². The molecule has 0 saturated carbocycles. The third-order valence-electron chi connectivity index (χ3n) is 2.45. The number of nitrogens with zero attached hydrogens (tertiary/aromatic N) is 3. The molecule has 2 aromatic rings. The Morgan fingerprint density at radius 1 is 1.55 bits per heavy atom. The number of aromatic nitrogens is 2. The monoisotopic (exact) mass is 295 g/mol. The highest BCUT2D eigenvalue weighted by molar-refractivity contribution is 7.15. The SMILES string of the molecule is CCOC(=O)c1cnc2sccn2c1=NCCC(=O)O. The molecular formula is C12H13N3O4S. The second-order valence-corrected chi connectivity index (χ2v) is 4.67. The van der Waals surface area contributed by atoms with Crippen molar-refractivity contribution in [3.63, 3.8) is 0 Å². The second-order valence-electron chi connectivity index (χ2n) is 3.80. The minimum absolute atomic E-state index is 0.0870. The van der Waals surface area contributed by atoms with Gasteiger partial charge in [0.2, 0.25) is 0 Å². The van der Waals surface area contributed by atoms with Crippen LogP contribution in [0.5, 0.6) is 0 Å². The lowest BCUT2D eigenvalue weighted by Gasteiger charge is -2.04. The molecule has 0 aromatic carbocycles. The number of fused-ring (bicyclic) bond motifs is 1. The van der Waals surface area contributed by atoms with Crippen LogP contribution in [0.1, 0.15) is 23.7 Å². The topological polar surface area (TPSA) is 93.3 Å². The van der Waals surface area contributed by atoms with E-state index in [2.05, 4.69) is 9.98 Å². The van der Waals surface area contributed by atoms with Crippen molar-refractivity contribution in [2.24, 2.45) is 4.99 Å². The third-order valence-corrected chi connectivity index (χ3v) is 3.22. The maximum Gasteiger partial charge on any atom is 0.343 e. The molecule has 0 spiro atoms. The summed E-state index contributed by atoms with van der Waals surface area (Å²) in [7, 11) is 0. The van der Waals surface area contributed by atoms with Gasteiger partial charge >= 0.3 is 11.9 Å². The Hall–Kier alpha value is -2.22. The van der Waals surface area contributed by atoms with Gasteiger partial charge in [-0.3, -0.25) is 14.2 Å². The van der Waals surface area contributed by atoms with Crippen LogP contribution in [0.3, 0.4) is 0 Å². The lowest BCUT2D eigenvalue weighted by Crippen LogP contribution is -2.25. The van der Waals surface area contributed by atoms with E-state index < -0.39 is 11.9 Å². The summed E-state index contributed by atoms with van der Waals surface area (Å²) in [5.41, 5.74) is 0.601. The van der Waals surface area contributed by atoms with Crippen molar-refractivity contribution >= 4 is 28.2 Å². The van der Waals surface area contributed by atoms with E-state index in [0.717, 1.165) is 0 Å². The summed E-state index contributed by atoms with van der Waals surface area (Å²) in [6, 6.07) is 0. The molecule has 0 aliphatic heterocycles. The summed E-state index contributed by atoms with van der Waals surface area (Å²) >= 11 is 1.40. The minimum atomic E-state index is -0.938. The van der Waals surface area contributed by atoms with Crippen molar-refractivity contribution in [2.75, 3.05) is 13.2 Å². The maximum absolute atomic E-state index is 11.9. The fourth-order valence-corrected chi connectivity index (χ4v) is 2.28. The first-order valence-corrected chi connectivity index (χ1v) is 6.85. The van der Waals surface area contributed by atoms with E-state index in [9.17, 15) is 9.59 Å². The molecule has 0 bridgehead atoms. The summed E-state index contributed by atoms with van der Waals surface area (Å²) in [6.07, 6.45) is 3.04. The molecule has 8 heteroatoms. The Kier molecular flexibility index (Phi) is 4.46. The highest BCUT2D eigenvalue weighted by atomic mass is 32.1. The van der Waals surface area contributed by atoms with Gasteiger partial charge in [0.25, 0.3) is 0 Å². The number of rotatable bonds is 5. The van der Waals surface area contributed by atoms with Crippen molar-refractivity contribution in [3.8, 4) is 0 Å². The van der Waals surface area contributed by atoms with E-state index in [1.165, 1.54) is 17.5 Å². The number of carboxylic acids is 1. The minimum Gasteiger partial charge on any atom is -0.481 e. The number of carbonyl (C=O) groups is 2. The van der Waals surface area contributed by atoms with Gasteiger partial charge < -0.3 is 9.84 Å². The van der Waals surface area contributed by atoms with E-state index >= 15 is 0 Å². The van der Waals surface area contributed by atoms with Gasteiger partial charge in [0, 0.05) is 17.8 Å². The van der Waals surface area contributed by atoms with Gasteiger partial charge in [-0.2, -0.15) is 0 Å². The molecule has 7 nitrogen and oxygen atoms in total. The Morgan fingerprint density at radius 2 is 2.35 bits per heavy atom. The standard InChI is InChI=1S/C12H13N3O4S/c1-2-19-11(18)8-7-14-12-15(5-6-20-12)10(8)13-4-3-9(16)17/h5-7H,2-4H2,1H3,(H,16,17). The molecule has 0 unspecified atom stereocenters. The van der Waals surface area contributed by atoms with Crippen LogP contribution in [0.25, 0.3) is 4.96 Å². The number of hydrogen-bond donors (Lipinski definition) is 1. The Balaban J connectivity index is 2.50. The first-order valence-electron chi connectivity index (χ1n) is 5.97.